The molecular formula is C11H17NO4. The summed E-state index contributed by atoms with van der Waals surface area (Å²) < 4.78 is 4.84. The molecule has 5 heteroatoms. The molecule has 1 rings (SSSR count). The van der Waals surface area contributed by atoms with Crippen LogP contribution in [0, 0.1) is 5.41 Å². The van der Waals surface area contributed by atoms with Crippen molar-refractivity contribution >= 4 is 17.7 Å². The predicted molar refractivity (Wildman–Crippen MR) is 56.6 cm³/mol. The molecular weight excluding hydrogens is 210 g/mol. The van der Waals surface area contributed by atoms with Crippen molar-refractivity contribution < 1.29 is 19.1 Å². The highest BCUT2D eigenvalue weighted by Gasteiger charge is 2.43. The van der Waals surface area contributed by atoms with E-state index in [1.165, 1.54) is 13.8 Å². The van der Waals surface area contributed by atoms with E-state index in [0.717, 1.165) is 0 Å². The Hall–Kier alpha value is -1.39. The third-order valence-electron chi connectivity index (χ3n) is 2.71. The molecule has 0 unspecified atom stereocenters. The van der Waals surface area contributed by atoms with Gasteiger partial charge in [-0.2, -0.15) is 0 Å². The molecule has 1 fully saturated rings. The monoisotopic (exact) mass is 227 g/mol. The van der Waals surface area contributed by atoms with E-state index in [-0.39, 0.29) is 18.3 Å². The Morgan fingerprint density at radius 2 is 2.12 bits per heavy atom. The topological polar surface area (TPSA) is 72.5 Å². The number of esters is 1. The van der Waals surface area contributed by atoms with E-state index in [0.29, 0.717) is 12.8 Å². The number of hydrogen-bond acceptors (Lipinski definition) is 4. The van der Waals surface area contributed by atoms with Gasteiger partial charge in [0.15, 0.2) is 5.78 Å². The van der Waals surface area contributed by atoms with Gasteiger partial charge >= 0.3 is 5.97 Å². The van der Waals surface area contributed by atoms with Crippen molar-refractivity contribution in [1.82, 2.24) is 5.32 Å². The summed E-state index contributed by atoms with van der Waals surface area (Å²) in [6.45, 7) is 4.98. The molecule has 90 valence electrons. The zero-order valence-electron chi connectivity index (χ0n) is 9.83. The van der Waals surface area contributed by atoms with Crippen molar-refractivity contribution in [1.29, 1.82) is 0 Å². The number of nitrogens with one attached hydrogen (secondary N) is 1. The molecule has 0 aromatic carbocycles. The molecule has 0 aliphatic carbocycles. The van der Waals surface area contributed by atoms with Crippen molar-refractivity contribution in [3.8, 4) is 0 Å². The van der Waals surface area contributed by atoms with Gasteiger partial charge in [-0.05, 0) is 27.2 Å². The van der Waals surface area contributed by atoms with Crippen molar-refractivity contribution in [2.75, 3.05) is 6.61 Å². The average molecular weight is 227 g/mol. The van der Waals surface area contributed by atoms with Gasteiger partial charge in [-0.25, -0.2) is 0 Å². The third kappa shape index (κ3) is 2.40. The first kappa shape index (κ1) is 12.7. The molecule has 1 N–H and O–H groups in total. The first-order chi connectivity index (χ1) is 7.39. The first-order valence-corrected chi connectivity index (χ1v) is 5.40. The summed E-state index contributed by atoms with van der Waals surface area (Å²) in [5.41, 5.74) is -1.20. The molecule has 16 heavy (non-hydrogen) atoms. The fraction of sp³-hybridized carbons (Fsp3) is 0.727. The molecule has 1 saturated heterocycles. The molecule has 1 amide bonds. The van der Waals surface area contributed by atoms with Gasteiger partial charge in [-0.3, -0.25) is 14.4 Å². The van der Waals surface area contributed by atoms with Crippen LogP contribution >= 0.6 is 0 Å². The van der Waals surface area contributed by atoms with Gasteiger partial charge in [0, 0.05) is 6.42 Å². The average Bonchev–Trinajstić information content (AvgIpc) is 2.64. The normalized spacial score (nSPS) is 20.4. The maximum Gasteiger partial charge on any atom is 0.319 e. The van der Waals surface area contributed by atoms with Crippen LogP contribution in [0.2, 0.25) is 0 Å². The van der Waals surface area contributed by atoms with Gasteiger partial charge in [0.05, 0.1) is 12.6 Å². The number of rotatable bonds is 4. The molecule has 0 bridgehead atoms. The number of Topliss-reactive ketones (excluding diaryl/α,β-unsaturated/α-hetero) is 1. The summed E-state index contributed by atoms with van der Waals surface area (Å²) in [7, 11) is 0. The first-order valence-electron chi connectivity index (χ1n) is 5.40. The third-order valence-corrected chi connectivity index (χ3v) is 2.71. The van der Waals surface area contributed by atoms with E-state index in [1.54, 1.807) is 6.92 Å². The van der Waals surface area contributed by atoms with Gasteiger partial charge in [0.1, 0.15) is 5.41 Å². The van der Waals surface area contributed by atoms with Crippen LogP contribution < -0.4 is 5.32 Å². The lowest BCUT2D eigenvalue weighted by Gasteiger charge is -2.23. The molecule has 1 aliphatic heterocycles. The minimum absolute atomic E-state index is 0.141. The van der Waals surface area contributed by atoms with E-state index in [1.807, 2.05) is 0 Å². The van der Waals surface area contributed by atoms with Crippen molar-refractivity contribution in [2.24, 2.45) is 5.41 Å². The van der Waals surface area contributed by atoms with E-state index >= 15 is 0 Å². The van der Waals surface area contributed by atoms with Gasteiger partial charge in [0.25, 0.3) is 0 Å². The quantitative estimate of drug-likeness (QED) is 0.558. The lowest BCUT2D eigenvalue weighted by Crippen LogP contribution is -2.46. The van der Waals surface area contributed by atoms with Gasteiger partial charge in [0.2, 0.25) is 5.91 Å². The summed E-state index contributed by atoms with van der Waals surface area (Å²) >= 11 is 0. The number of ketones is 1. The second-order valence-corrected chi connectivity index (χ2v) is 4.37. The summed E-state index contributed by atoms with van der Waals surface area (Å²) in [6.07, 6.45) is 0.801. The number of carbonyl (C=O) groups is 3. The van der Waals surface area contributed by atoms with E-state index in [9.17, 15) is 14.4 Å². The Morgan fingerprint density at radius 3 is 2.56 bits per heavy atom. The van der Waals surface area contributed by atoms with Crippen molar-refractivity contribution in [3.05, 3.63) is 0 Å². The van der Waals surface area contributed by atoms with E-state index in [4.69, 9.17) is 4.74 Å². The minimum Gasteiger partial charge on any atom is -0.465 e. The molecule has 0 aromatic rings. The summed E-state index contributed by atoms with van der Waals surface area (Å²) in [5, 5.41) is 2.56. The SMILES string of the molecule is CCOC(=O)C(C)(C)C(=O)[C@@H]1CCC(=O)N1. The number of amides is 1. The smallest absolute Gasteiger partial charge is 0.319 e. The molecule has 0 radical (unpaired) electrons. The standard InChI is InChI=1S/C11H17NO4/c1-4-16-10(15)11(2,3)9(14)7-5-6-8(13)12-7/h7H,4-6H2,1-3H3,(H,12,13)/t7-/m0/s1. The molecule has 0 aromatic heterocycles. The van der Waals surface area contributed by atoms with Crippen molar-refractivity contribution in [2.45, 2.75) is 39.7 Å². The summed E-state index contributed by atoms with van der Waals surface area (Å²) in [4.78, 5) is 34.6. The molecule has 0 saturated carbocycles. The molecule has 1 aliphatic rings. The van der Waals surface area contributed by atoms with E-state index < -0.39 is 17.4 Å². The largest absolute Gasteiger partial charge is 0.465 e. The maximum absolute atomic E-state index is 12.0. The van der Waals surface area contributed by atoms with Crippen molar-refractivity contribution in [3.63, 3.8) is 0 Å². The number of carbonyl (C=O) groups excluding carboxylic acids is 3. The van der Waals surface area contributed by atoms with Crippen LogP contribution in [0.5, 0.6) is 0 Å². The minimum atomic E-state index is -1.20. The highest BCUT2D eigenvalue weighted by Crippen LogP contribution is 2.24. The second kappa shape index (κ2) is 4.63. The molecule has 5 nitrogen and oxygen atoms in total. The highest BCUT2D eigenvalue weighted by molar-refractivity contribution is 6.07. The Morgan fingerprint density at radius 1 is 1.50 bits per heavy atom. The van der Waals surface area contributed by atoms with Crippen LogP contribution in [0.1, 0.15) is 33.6 Å². The summed E-state index contributed by atoms with van der Waals surface area (Å²) in [6, 6.07) is -0.549. The van der Waals surface area contributed by atoms with Crippen LogP contribution in [0.3, 0.4) is 0 Å². The molecule has 1 heterocycles. The maximum atomic E-state index is 12.0. The van der Waals surface area contributed by atoms with Gasteiger partial charge in [-0.15, -0.1) is 0 Å². The molecule has 0 spiro atoms. The van der Waals surface area contributed by atoms with Crippen LogP contribution in [-0.2, 0) is 19.1 Å². The van der Waals surface area contributed by atoms with E-state index in [2.05, 4.69) is 5.32 Å². The summed E-state index contributed by atoms with van der Waals surface area (Å²) in [5.74, 6) is -0.962. The number of ether oxygens (including phenoxy) is 1. The predicted octanol–water partition coefficient (Wildman–Crippen LogP) is 0.423. The molecule has 1 atom stereocenters. The van der Waals surface area contributed by atoms with Crippen LogP contribution in [0.15, 0.2) is 0 Å². The Labute approximate surface area is 94.5 Å². The highest BCUT2D eigenvalue weighted by atomic mass is 16.5. The van der Waals surface area contributed by atoms with Crippen LogP contribution in [0.25, 0.3) is 0 Å². The zero-order chi connectivity index (χ0) is 12.3. The lowest BCUT2D eigenvalue weighted by molar-refractivity contribution is -0.158. The van der Waals surface area contributed by atoms with Crippen LogP contribution in [-0.4, -0.2) is 30.3 Å². The number of hydrogen-bond donors (Lipinski definition) is 1. The Balaban J connectivity index is 2.71. The van der Waals surface area contributed by atoms with Gasteiger partial charge < -0.3 is 10.1 Å². The fourth-order valence-corrected chi connectivity index (χ4v) is 1.66. The van der Waals surface area contributed by atoms with Crippen LogP contribution in [0.4, 0.5) is 0 Å². The second-order valence-electron chi connectivity index (χ2n) is 4.37. The Bertz CT molecular complexity index is 322. The fourth-order valence-electron chi connectivity index (χ4n) is 1.66. The zero-order valence-corrected chi connectivity index (χ0v) is 9.83. The Kier molecular flexibility index (Phi) is 3.67. The van der Waals surface area contributed by atoms with Gasteiger partial charge in [-0.1, -0.05) is 0 Å². The lowest BCUT2D eigenvalue weighted by atomic mass is 9.84.